The lowest BCUT2D eigenvalue weighted by Crippen LogP contribution is -2.30. The van der Waals surface area contributed by atoms with E-state index < -0.39 is 0 Å². The van der Waals surface area contributed by atoms with E-state index in [1.165, 1.54) is 5.56 Å². The molecule has 17 heavy (non-hydrogen) atoms. The average Bonchev–Trinajstić information content (AvgIpc) is 2.37. The number of nitrogens with two attached hydrogens (primary N) is 1. The smallest absolute Gasteiger partial charge is 0.232 e. The highest BCUT2D eigenvalue weighted by Gasteiger charge is 2.07. The van der Waals surface area contributed by atoms with Gasteiger partial charge in [-0.3, -0.25) is 9.78 Å². The van der Waals surface area contributed by atoms with Crippen molar-refractivity contribution in [2.75, 3.05) is 31.6 Å². The van der Waals surface area contributed by atoms with E-state index >= 15 is 0 Å². The molecular weight excluding hydrogens is 234 g/mol. The molecule has 0 spiro atoms. The second-order valence-corrected chi connectivity index (χ2v) is 4.87. The third-order valence-corrected chi connectivity index (χ3v) is 3.37. The fourth-order valence-corrected chi connectivity index (χ4v) is 2.03. The standard InChI is InChI=1S/C12H19N3OS/c1-15(12(16)10-17-9-5-13)8-4-11-2-6-14-7-3-11/h2-3,6-7H,4-5,8-10,13H2,1H3. The first kappa shape index (κ1) is 14.0. The van der Waals surface area contributed by atoms with E-state index in [1.54, 1.807) is 29.1 Å². The summed E-state index contributed by atoms with van der Waals surface area (Å²) in [7, 11) is 1.84. The molecule has 1 aromatic heterocycles. The van der Waals surface area contributed by atoms with Crippen LogP contribution in [0.25, 0.3) is 0 Å². The lowest BCUT2D eigenvalue weighted by Gasteiger charge is -2.16. The van der Waals surface area contributed by atoms with Crippen LogP contribution >= 0.6 is 11.8 Å². The van der Waals surface area contributed by atoms with Crippen molar-refractivity contribution in [3.63, 3.8) is 0 Å². The minimum atomic E-state index is 0.164. The zero-order valence-corrected chi connectivity index (χ0v) is 10.9. The summed E-state index contributed by atoms with van der Waals surface area (Å²) in [4.78, 5) is 17.4. The van der Waals surface area contributed by atoms with Crippen LogP contribution in [0.15, 0.2) is 24.5 Å². The molecular formula is C12H19N3OS. The summed E-state index contributed by atoms with van der Waals surface area (Å²) in [5.74, 6) is 1.52. The highest BCUT2D eigenvalue weighted by atomic mass is 32.2. The molecule has 0 aliphatic heterocycles. The number of aromatic nitrogens is 1. The molecule has 0 saturated carbocycles. The first-order valence-electron chi connectivity index (χ1n) is 5.64. The fourth-order valence-electron chi connectivity index (χ4n) is 1.32. The number of carbonyl (C=O) groups is 1. The van der Waals surface area contributed by atoms with Crippen LogP contribution in [0.2, 0.25) is 0 Å². The van der Waals surface area contributed by atoms with Crippen molar-refractivity contribution in [3.8, 4) is 0 Å². The first-order valence-corrected chi connectivity index (χ1v) is 6.80. The van der Waals surface area contributed by atoms with E-state index in [9.17, 15) is 4.79 Å². The molecule has 5 heteroatoms. The average molecular weight is 253 g/mol. The Hall–Kier alpha value is -1.07. The van der Waals surface area contributed by atoms with Crippen LogP contribution in [0.3, 0.4) is 0 Å². The third-order valence-electron chi connectivity index (χ3n) is 2.40. The number of nitrogens with zero attached hydrogens (tertiary/aromatic N) is 2. The van der Waals surface area contributed by atoms with Gasteiger partial charge in [0.25, 0.3) is 0 Å². The molecule has 1 rings (SSSR count). The largest absolute Gasteiger partial charge is 0.345 e. The molecule has 4 nitrogen and oxygen atoms in total. The van der Waals surface area contributed by atoms with Gasteiger partial charge in [0, 0.05) is 38.3 Å². The zero-order valence-electron chi connectivity index (χ0n) is 10.1. The van der Waals surface area contributed by atoms with E-state index in [2.05, 4.69) is 4.98 Å². The van der Waals surface area contributed by atoms with E-state index in [-0.39, 0.29) is 5.91 Å². The summed E-state index contributed by atoms with van der Waals surface area (Å²) in [6.07, 6.45) is 4.41. The number of thioether (sulfide) groups is 1. The van der Waals surface area contributed by atoms with Crippen molar-refractivity contribution in [1.29, 1.82) is 0 Å². The summed E-state index contributed by atoms with van der Waals surface area (Å²) in [5.41, 5.74) is 6.58. The molecule has 1 heterocycles. The van der Waals surface area contributed by atoms with Gasteiger partial charge in [-0.1, -0.05) is 0 Å². The minimum absolute atomic E-state index is 0.164. The Morgan fingerprint density at radius 2 is 2.18 bits per heavy atom. The summed E-state index contributed by atoms with van der Waals surface area (Å²) >= 11 is 1.59. The monoisotopic (exact) mass is 253 g/mol. The fraction of sp³-hybridized carbons (Fsp3) is 0.500. The Labute approximate surface area is 107 Å². The van der Waals surface area contributed by atoms with Crippen molar-refractivity contribution >= 4 is 17.7 Å². The number of hydrogen-bond donors (Lipinski definition) is 1. The Balaban J connectivity index is 2.24. The lowest BCUT2D eigenvalue weighted by atomic mass is 10.2. The number of hydrogen-bond acceptors (Lipinski definition) is 4. The van der Waals surface area contributed by atoms with Gasteiger partial charge < -0.3 is 10.6 Å². The predicted molar refractivity (Wildman–Crippen MR) is 72.0 cm³/mol. The van der Waals surface area contributed by atoms with Gasteiger partial charge in [0.15, 0.2) is 0 Å². The predicted octanol–water partition coefficient (Wildman–Crippen LogP) is 0.774. The van der Waals surface area contributed by atoms with Crippen LogP contribution in [0.4, 0.5) is 0 Å². The zero-order chi connectivity index (χ0) is 12.5. The summed E-state index contributed by atoms with van der Waals surface area (Å²) in [6.45, 7) is 1.37. The van der Waals surface area contributed by atoms with Crippen LogP contribution in [0.5, 0.6) is 0 Å². The molecule has 0 atom stereocenters. The molecule has 0 saturated heterocycles. The topological polar surface area (TPSA) is 59.2 Å². The van der Waals surface area contributed by atoms with E-state index in [4.69, 9.17) is 5.73 Å². The maximum Gasteiger partial charge on any atom is 0.232 e. The number of amides is 1. The van der Waals surface area contributed by atoms with Crippen LogP contribution < -0.4 is 5.73 Å². The van der Waals surface area contributed by atoms with Gasteiger partial charge in [0.05, 0.1) is 5.75 Å². The molecule has 1 aromatic rings. The first-order chi connectivity index (χ1) is 8.24. The van der Waals surface area contributed by atoms with Gasteiger partial charge in [0.2, 0.25) is 5.91 Å². The van der Waals surface area contributed by atoms with Crippen LogP contribution in [-0.2, 0) is 11.2 Å². The number of rotatable bonds is 7. The van der Waals surface area contributed by atoms with Gasteiger partial charge >= 0.3 is 0 Å². The molecule has 0 bridgehead atoms. The molecule has 94 valence electrons. The number of likely N-dealkylation sites (N-methyl/N-ethyl adjacent to an activating group) is 1. The Kier molecular flexibility index (Phi) is 6.65. The molecule has 2 N–H and O–H groups in total. The molecule has 0 aromatic carbocycles. The highest BCUT2D eigenvalue weighted by Crippen LogP contribution is 2.03. The SMILES string of the molecule is CN(CCc1ccncc1)C(=O)CSCCN. The van der Waals surface area contributed by atoms with E-state index in [0.29, 0.717) is 12.3 Å². The molecule has 0 aliphatic carbocycles. The molecule has 1 amide bonds. The van der Waals surface area contributed by atoms with Crippen LogP contribution in [-0.4, -0.2) is 47.4 Å². The van der Waals surface area contributed by atoms with Gasteiger partial charge in [-0.2, -0.15) is 11.8 Å². The second-order valence-electron chi connectivity index (χ2n) is 3.76. The maximum absolute atomic E-state index is 11.7. The molecule has 0 unspecified atom stereocenters. The van der Waals surface area contributed by atoms with Crippen LogP contribution in [0, 0.1) is 0 Å². The lowest BCUT2D eigenvalue weighted by molar-refractivity contribution is -0.127. The van der Waals surface area contributed by atoms with Crippen molar-refractivity contribution in [3.05, 3.63) is 30.1 Å². The second kappa shape index (κ2) is 8.08. The third kappa shape index (κ3) is 5.70. The van der Waals surface area contributed by atoms with E-state index in [0.717, 1.165) is 18.7 Å². The Morgan fingerprint density at radius 3 is 2.82 bits per heavy atom. The summed E-state index contributed by atoms with van der Waals surface area (Å²) < 4.78 is 0. The van der Waals surface area contributed by atoms with Gasteiger partial charge in [-0.15, -0.1) is 0 Å². The number of carbonyl (C=O) groups excluding carboxylic acids is 1. The van der Waals surface area contributed by atoms with E-state index in [1.807, 2.05) is 19.2 Å². The molecule has 0 aliphatic rings. The van der Waals surface area contributed by atoms with Gasteiger partial charge in [0.1, 0.15) is 0 Å². The van der Waals surface area contributed by atoms with Crippen molar-refractivity contribution in [2.24, 2.45) is 5.73 Å². The molecule has 0 radical (unpaired) electrons. The van der Waals surface area contributed by atoms with Crippen molar-refractivity contribution in [2.45, 2.75) is 6.42 Å². The highest BCUT2D eigenvalue weighted by molar-refractivity contribution is 7.99. The Bertz CT molecular complexity index is 332. The summed E-state index contributed by atoms with van der Waals surface area (Å²) in [6, 6.07) is 3.95. The Morgan fingerprint density at radius 1 is 1.47 bits per heavy atom. The molecule has 0 fully saturated rings. The van der Waals surface area contributed by atoms with Gasteiger partial charge in [-0.25, -0.2) is 0 Å². The van der Waals surface area contributed by atoms with Crippen molar-refractivity contribution in [1.82, 2.24) is 9.88 Å². The minimum Gasteiger partial charge on any atom is -0.345 e. The maximum atomic E-state index is 11.7. The number of pyridine rings is 1. The summed E-state index contributed by atoms with van der Waals surface area (Å²) in [5, 5.41) is 0. The van der Waals surface area contributed by atoms with Crippen LogP contribution in [0.1, 0.15) is 5.56 Å². The quantitative estimate of drug-likeness (QED) is 0.729. The van der Waals surface area contributed by atoms with Gasteiger partial charge in [-0.05, 0) is 24.1 Å². The normalized spacial score (nSPS) is 10.2. The van der Waals surface area contributed by atoms with Crippen molar-refractivity contribution < 1.29 is 4.79 Å².